The topological polar surface area (TPSA) is 90.3 Å². The maximum atomic E-state index is 11.1. The summed E-state index contributed by atoms with van der Waals surface area (Å²) >= 11 is 0. The number of benzene rings is 1. The van der Waals surface area contributed by atoms with Gasteiger partial charge in [-0.25, -0.2) is 0 Å². The van der Waals surface area contributed by atoms with E-state index in [2.05, 4.69) is 25.4 Å². The summed E-state index contributed by atoms with van der Waals surface area (Å²) < 4.78 is 12.8. The van der Waals surface area contributed by atoms with Gasteiger partial charge in [0, 0.05) is 32.5 Å². The molecule has 1 amide bonds. The van der Waals surface area contributed by atoms with E-state index in [4.69, 9.17) is 9.47 Å². The zero-order chi connectivity index (χ0) is 18.1. The van der Waals surface area contributed by atoms with E-state index >= 15 is 0 Å². The molecule has 2 aliphatic rings. The Hall–Kier alpha value is -2.61. The molecule has 0 atom stereocenters. The lowest BCUT2D eigenvalue weighted by molar-refractivity contribution is -0.120. The van der Waals surface area contributed by atoms with Crippen molar-refractivity contribution in [1.82, 2.24) is 25.4 Å². The molecule has 2 aromatic rings. The molecule has 0 saturated heterocycles. The van der Waals surface area contributed by atoms with Gasteiger partial charge in [-0.3, -0.25) is 4.79 Å². The Morgan fingerprint density at radius 2 is 2.04 bits per heavy atom. The minimum absolute atomic E-state index is 0.0276. The monoisotopic (exact) mass is 357 g/mol. The van der Waals surface area contributed by atoms with E-state index in [0.29, 0.717) is 19.0 Å². The minimum atomic E-state index is 0.0276. The standard InChI is InChI=1S/C18H23N5O3/c1-11(24)20-14-6-13(7-14)18-22-21-17(23(18)2)9-19-8-12-3-4-15-16(5-12)26-10-25-15/h3-5,13-14,19H,6-10H2,1-2H3,(H,20,24). The predicted molar refractivity (Wildman–Crippen MR) is 93.7 cm³/mol. The van der Waals surface area contributed by atoms with Crippen LogP contribution in [0.1, 0.15) is 42.9 Å². The first-order chi connectivity index (χ1) is 12.6. The summed E-state index contributed by atoms with van der Waals surface area (Å²) in [7, 11) is 2.00. The number of nitrogens with zero attached hydrogens (tertiary/aromatic N) is 3. The summed E-state index contributed by atoms with van der Waals surface area (Å²) in [6.45, 7) is 3.20. The third-order valence-electron chi connectivity index (χ3n) is 4.96. The van der Waals surface area contributed by atoms with E-state index in [1.54, 1.807) is 6.92 Å². The predicted octanol–water partition coefficient (Wildman–Crippen LogP) is 1.22. The average molecular weight is 357 g/mol. The quantitative estimate of drug-likeness (QED) is 0.808. The molecule has 1 aromatic heterocycles. The molecule has 26 heavy (non-hydrogen) atoms. The van der Waals surface area contributed by atoms with Crippen LogP contribution in [0.3, 0.4) is 0 Å². The molecule has 1 aliphatic carbocycles. The zero-order valence-corrected chi connectivity index (χ0v) is 15.0. The third kappa shape index (κ3) is 3.37. The van der Waals surface area contributed by atoms with Crippen LogP contribution in [0.5, 0.6) is 11.5 Å². The van der Waals surface area contributed by atoms with Crippen LogP contribution >= 0.6 is 0 Å². The maximum Gasteiger partial charge on any atom is 0.231 e. The van der Waals surface area contributed by atoms with Crippen molar-refractivity contribution in [2.24, 2.45) is 7.05 Å². The molecule has 1 saturated carbocycles. The van der Waals surface area contributed by atoms with E-state index < -0.39 is 0 Å². The summed E-state index contributed by atoms with van der Waals surface area (Å²) in [6.07, 6.45) is 1.85. The van der Waals surface area contributed by atoms with Gasteiger partial charge >= 0.3 is 0 Å². The van der Waals surface area contributed by atoms with E-state index in [9.17, 15) is 4.79 Å². The van der Waals surface area contributed by atoms with Crippen molar-refractivity contribution in [2.45, 2.75) is 44.8 Å². The molecule has 8 nitrogen and oxygen atoms in total. The highest BCUT2D eigenvalue weighted by molar-refractivity contribution is 5.73. The van der Waals surface area contributed by atoms with Crippen LogP contribution in [-0.2, 0) is 24.9 Å². The van der Waals surface area contributed by atoms with Gasteiger partial charge in [0.1, 0.15) is 11.6 Å². The van der Waals surface area contributed by atoms with Gasteiger partial charge < -0.3 is 24.7 Å². The first-order valence-electron chi connectivity index (χ1n) is 8.84. The number of hydrogen-bond donors (Lipinski definition) is 2. The van der Waals surface area contributed by atoms with Crippen molar-refractivity contribution in [2.75, 3.05) is 6.79 Å². The number of rotatable bonds is 6. The fraction of sp³-hybridized carbons (Fsp3) is 0.500. The number of hydrogen-bond acceptors (Lipinski definition) is 6. The number of amides is 1. The van der Waals surface area contributed by atoms with Gasteiger partial charge in [-0.2, -0.15) is 0 Å². The van der Waals surface area contributed by atoms with Crippen molar-refractivity contribution in [3.05, 3.63) is 35.4 Å². The van der Waals surface area contributed by atoms with Gasteiger partial charge in [0.2, 0.25) is 12.7 Å². The Balaban J connectivity index is 1.29. The fourth-order valence-electron chi connectivity index (χ4n) is 3.49. The van der Waals surface area contributed by atoms with Crippen molar-refractivity contribution in [3.8, 4) is 11.5 Å². The van der Waals surface area contributed by atoms with Crippen LogP contribution < -0.4 is 20.1 Å². The number of fused-ring (bicyclic) bond motifs is 1. The third-order valence-corrected chi connectivity index (χ3v) is 4.96. The highest BCUT2D eigenvalue weighted by atomic mass is 16.7. The second kappa shape index (κ2) is 6.95. The largest absolute Gasteiger partial charge is 0.454 e. The molecule has 1 aliphatic heterocycles. The lowest BCUT2D eigenvalue weighted by Gasteiger charge is -2.34. The average Bonchev–Trinajstić information content (AvgIpc) is 3.17. The smallest absolute Gasteiger partial charge is 0.231 e. The lowest BCUT2D eigenvalue weighted by Crippen LogP contribution is -2.43. The maximum absolute atomic E-state index is 11.1. The van der Waals surface area contributed by atoms with Gasteiger partial charge in [-0.1, -0.05) is 6.07 Å². The molecule has 0 unspecified atom stereocenters. The summed E-state index contributed by atoms with van der Waals surface area (Å²) in [5.74, 6) is 3.88. The van der Waals surface area contributed by atoms with E-state index in [0.717, 1.165) is 41.6 Å². The van der Waals surface area contributed by atoms with Crippen LogP contribution in [0.2, 0.25) is 0 Å². The number of carbonyl (C=O) groups excluding carboxylic acids is 1. The van der Waals surface area contributed by atoms with Gasteiger partial charge in [0.15, 0.2) is 11.5 Å². The number of ether oxygens (including phenoxy) is 2. The highest BCUT2D eigenvalue weighted by Crippen LogP contribution is 2.36. The van der Waals surface area contributed by atoms with Gasteiger partial charge in [0.25, 0.3) is 0 Å². The van der Waals surface area contributed by atoms with Crippen molar-refractivity contribution >= 4 is 5.91 Å². The number of aromatic nitrogens is 3. The Kier molecular flexibility index (Phi) is 4.50. The first-order valence-corrected chi connectivity index (χ1v) is 8.84. The van der Waals surface area contributed by atoms with Gasteiger partial charge in [0.05, 0.1) is 6.54 Å². The van der Waals surface area contributed by atoms with Crippen molar-refractivity contribution < 1.29 is 14.3 Å². The van der Waals surface area contributed by atoms with E-state index in [-0.39, 0.29) is 18.7 Å². The Labute approximate surface area is 151 Å². The molecule has 1 aromatic carbocycles. The number of carbonyl (C=O) groups is 1. The Bertz CT molecular complexity index is 813. The molecule has 0 radical (unpaired) electrons. The SMILES string of the molecule is CC(=O)NC1CC(c2nnc(CNCc3ccc4c(c3)OCO4)n2C)C1. The van der Waals surface area contributed by atoms with Crippen LogP contribution in [0.4, 0.5) is 0 Å². The fourth-order valence-corrected chi connectivity index (χ4v) is 3.49. The van der Waals surface area contributed by atoms with Crippen LogP contribution in [-0.4, -0.2) is 33.5 Å². The van der Waals surface area contributed by atoms with E-state index in [1.165, 1.54) is 0 Å². The second-order valence-electron chi connectivity index (χ2n) is 6.89. The second-order valence-corrected chi connectivity index (χ2v) is 6.89. The van der Waals surface area contributed by atoms with Crippen LogP contribution in [0.25, 0.3) is 0 Å². The van der Waals surface area contributed by atoms with Gasteiger partial charge in [-0.05, 0) is 30.5 Å². The summed E-state index contributed by atoms with van der Waals surface area (Å²) in [5, 5.41) is 15.0. The molecule has 2 heterocycles. The van der Waals surface area contributed by atoms with Gasteiger partial charge in [-0.15, -0.1) is 10.2 Å². The Morgan fingerprint density at radius 1 is 1.23 bits per heavy atom. The van der Waals surface area contributed by atoms with Crippen LogP contribution in [0.15, 0.2) is 18.2 Å². The lowest BCUT2D eigenvalue weighted by atomic mass is 9.79. The summed E-state index contributed by atoms with van der Waals surface area (Å²) in [4.78, 5) is 11.1. The molecule has 4 rings (SSSR count). The summed E-state index contributed by atoms with van der Waals surface area (Å²) in [6, 6.07) is 6.22. The molecule has 0 bridgehead atoms. The molecule has 1 fully saturated rings. The molecular formula is C18H23N5O3. The number of nitrogens with one attached hydrogen (secondary N) is 2. The first kappa shape index (κ1) is 16.8. The Morgan fingerprint density at radius 3 is 2.85 bits per heavy atom. The van der Waals surface area contributed by atoms with E-state index in [1.807, 2.05) is 25.2 Å². The van der Waals surface area contributed by atoms with Crippen LogP contribution in [0, 0.1) is 0 Å². The highest BCUT2D eigenvalue weighted by Gasteiger charge is 2.34. The van der Waals surface area contributed by atoms with Crippen molar-refractivity contribution in [3.63, 3.8) is 0 Å². The molecule has 0 spiro atoms. The molecular weight excluding hydrogens is 334 g/mol. The molecule has 2 N–H and O–H groups in total. The molecule has 138 valence electrons. The van der Waals surface area contributed by atoms with Crippen molar-refractivity contribution in [1.29, 1.82) is 0 Å². The molecule has 8 heteroatoms. The minimum Gasteiger partial charge on any atom is -0.454 e. The normalized spacial score (nSPS) is 20.7. The summed E-state index contributed by atoms with van der Waals surface area (Å²) in [5.41, 5.74) is 1.13. The zero-order valence-electron chi connectivity index (χ0n) is 15.0.